The number of amides is 1. The molecule has 28 heavy (non-hydrogen) atoms. The first kappa shape index (κ1) is 18.9. The molecule has 4 rings (SSSR count). The first-order valence-corrected chi connectivity index (χ1v) is 10.1. The van der Waals surface area contributed by atoms with Crippen LogP contribution in [-0.4, -0.2) is 27.2 Å². The smallest absolute Gasteiger partial charge is 0.266 e. The van der Waals surface area contributed by atoms with Gasteiger partial charge in [0.1, 0.15) is 10.1 Å². The zero-order valence-electron chi connectivity index (χ0n) is 14.9. The molecule has 1 saturated heterocycles. The monoisotopic (exact) mass is 426 g/mol. The maximum absolute atomic E-state index is 12.8. The van der Waals surface area contributed by atoms with Crippen LogP contribution in [0.3, 0.4) is 0 Å². The molecule has 0 bridgehead atoms. The molecule has 1 amide bonds. The van der Waals surface area contributed by atoms with Gasteiger partial charge in [0.25, 0.3) is 5.91 Å². The Morgan fingerprint density at radius 2 is 2.00 bits per heavy atom. The molecule has 0 saturated carbocycles. The van der Waals surface area contributed by atoms with Crippen LogP contribution in [0.15, 0.2) is 59.5 Å². The number of rotatable bonds is 4. The molecule has 1 aliphatic rings. The van der Waals surface area contributed by atoms with Crippen molar-refractivity contribution in [2.45, 2.75) is 6.54 Å². The van der Waals surface area contributed by atoms with Gasteiger partial charge in [0.05, 0.1) is 34.8 Å². The molecule has 2 aromatic carbocycles. The summed E-state index contributed by atoms with van der Waals surface area (Å²) < 4.78 is 5.77. The molecule has 2 heterocycles. The molecule has 4 nitrogen and oxygen atoms in total. The third-order valence-corrected chi connectivity index (χ3v) is 6.01. The highest BCUT2D eigenvalue weighted by Gasteiger charge is 2.32. The summed E-state index contributed by atoms with van der Waals surface area (Å²) in [5.41, 5.74) is 2.38. The number of carbonyl (C=O) groups is 1. The van der Waals surface area contributed by atoms with E-state index in [4.69, 9.17) is 28.6 Å². The number of aromatic nitrogens is 1. The first-order valence-electron chi connectivity index (χ1n) is 8.49. The number of fused-ring (bicyclic) bond motifs is 1. The second-order valence-corrected chi connectivity index (χ2v) is 8.25. The highest BCUT2D eigenvalue weighted by molar-refractivity contribution is 8.26. The van der Waals surface area contributed by atoms with E-state index in [1.807, 2.05) is 48.5 Å². The number of hydrogen-bond donors (Lipinski definition) is 0. The van der Waals surface area contributed by atoms with Gasteiger partial charge in [-0.2, -0.15) is 0 Å². The predicted molar refractivity (Wildman–Crippen MR) is 118 cm³/mol. The Morgan fingerprint density at radius 1 is 1.21 bits per heavy atom. The fourth-order valence-corrected chi connectivity index (χ4v) is 4.42. The summed E-state index contributed by atoms with van der Waals surface area (Å²) >= 11 is 13.1. The normalized spacial score (nSPS) is 15.6. The third kappa shape index (κ3) is 3.76. The minimum atomic E-state index is -0.119. The van der Waals surface area contributed by atoms with Crippen molar-refractivity contribution in [2.24, 2.45) is 0 Å². The van der Waals surface area contributed by atoms with Crippen LogP contribution in [0.25, 0.3) is 17.0 Å². The van der Waals surface area contributed by atoms with Gasteiger partial charge >= 0.3 is 0 Å². The van der Waals surface area contributed by atoms with Gasteiger partial charge in [-0.15, -0.1) is 0 Å². The van der Waals surface area contributed by atoms with Gasteiger partial charge in [-0.1, -0.05) is 65.9 Å². The van der Waals surface area contributed by atoms with Gasteiger partial charge in [-0.3, -0.25) is 9.69 Å². The average Bonchev–Trinajstić information content (AvgIpc) is 2.96. The van der Waals surface area contributed by atoms with Crippen LogP contribution in [0.1, 0.15) is 11.3 Å². The molecule has 3 aromatic rings. The lowest BCUT2D eigenvalue weighted by Gasteiger charge is -2.14. The summed E-state index contributed by atoms with van der Waals surface area (Å²) in [5, 5.41) is 1.35. The second kappa shape index (κ2) is 7.91. The second-order valence-electron chi connectivity index (χ2n) is 6.17. The number of thioether (sulfide) groups is 1. The quantitative estimate of drug-likeness (QED) is 0.418. The van der Waals surface area contributed by atoms with Crippen LogP contribution in [0, 0.1) is 0 Å². The summed E-state index contributed by atoms with van der Waals surface area (Å²) in [5.74, 6) is 0.595. The Bertz CT molecular complexity index is 1120. The van der Waals surface area contributed by atoms with Gasteiger partial charge in [0, 0.05) is 5.39 Å². The minimum Gasteiger partial charge on any atom is -0.497 e. The Labute approximate surface area is 177 Å². The van der Waals surface area contributed by atoms with Gasteiger partial charge in [-0.25, -0.2) is 4.98 Å². The van der Waals surface area contributed by atoms with Crippen molar-refractivity contribution in [3.05, 3.63) is 75.8 Å². The number of pyridine rings is 1. The van der Waals surface area contributed by atoms with Crippen LogP contribution in [0.4, 0.5) is 0 Å². The van der Waals surface area contributed by atoms with Gasteiger partial charge in [-0.05, 0) is 35.9 Å². The number of ether oxygens (including phenoxy) is 1. The lowest BCUT2D eigenvalue weighted by atomic mass is 10.2. The van der Waals surface area contributed by atoms with E-state index >= 15 is 0 Å². The highest BCUT2D eigenvalue weighted by Crippen LogP contribution is 2.34. The van der Waals surface area contributed by atoms with Gasteiger partial charge in [0.15, 0.2) is 0 Å². The van der Waals surface area contributed by atoms with Crippen molar-refractivity contribution in [1.29, 1.82) is 0 Å². The summed E-state index contributed by atoms with van der Waals surface area (Å²) in [6.07, 6.45) is 1.74. The standard InChI is InChI=1S/C21H15ClN2O2S2/c1-26-15-7-8-18-16(11-15)17(22)9-14(23-18)10-19-20(25)24(21(27)28-19)12-13-5-3-2-4-6-13/h2-11H,12H2,1H3/b19-10-. The number of halogens is 1. The molecule has 0 N–H and O–H groups in total. The number of carbonyl (C=O) groups excluding carboxylic acids is 1. The lowest BCUT2D eigenvalue weighted by Crippen LogP contribution is -2.27. The van der Waals surface area contributed by atoms with E-state index in [2.05, 4.69) is 4.98 Å². The number of nitrogens with zero attached hydrogens (tertiary/aromatic N) is 2. The molecule has 0 spiro atoms. The average molecular weight is 427 g/mol. The summed E-state index contributed by atoms with van der Waals surface area (Å²) in [7, 11) is 1.61. The van der Waals surface area contributed by atoms with Crippen LogP contribution < -0.4 is 4.74 Å². The molecule has 0 radical (unpaired) electrons. The Hall–Kier alpha value is -2.41. The maximum atomic E-state index is 12.8. The predicted octanol–water partition coefficient (Wildman–Crippen LogP) is 5.30. The Balaban J connectivity index is 1.64. The fraction of sp³-hybridized carbons (Fsp3) is 0.0952. The molecule has 0 aliphatic carbocycles. The van der Waals surface area contributed by atoms with E-state index in [1.54, 1.807) is 24.2 Å². The van der Waals surface area contributed by atoms with Crippen molar-refractivity contribution in [3.8, 4) is 5.75 Å². The van der Waals surface area contributed by atoms with Crippen molar-refractivity contribution < 1.29 is 9.53 Å². The SMILES string of the molecule is COc1ccc2nc(/C=C3\SC(=S)N(Cc4ccccc4)C3=O)cc(Cl)c2c1. The highest BCUT2D eigenvalue weighted by atomic mass is 35.5. The van der Waals surface area contributed by atoms with Crippen molar-refractivity contribution in [1.82, 2.24) is 9.88 Å². The molecule has 7 heteroatoms. The number of thiocarbonyl (C=S) groups is 1. The molecule has 0 atom stereocenters. The van der Waals surface area contributed by atoms with Crippen LogP contribution in [0.2, 0.25) is 5.02 Å². The topological polar surface area (TPSA) is 42.4 Å². The molecule has 1 fully saturated rings. The zero-order valence-corrected chi connectivity index (χ0v) is 17.3. The van der Waals surface area contributed by atoms with Crippen LogP contribution in [-0.2, 0) is 11.3 Å². The number of methoxy groups -OCH3 is 1. The fourth-order valence-electron chi connectivity index (χ4n) is 2.92. The molecule has 0 unspecified atom stereocenters. The minimum absolute atomic E-state index is 0.119. The van der Waals surface area contributed by atoms with E-state index in [0.717, 1.165) is 16.5 Å². The van der Waals surface area contributed by atoms with Crippen LogP contribution >= 0.6 is 35.6 Å². The number of hydrogen-bond acceptors (Lipinski definition) is 5. The summed E-state index contributed by atoms with van der Waals surface area (Å²) in [6, 6.07) is 17.0. The molecule has 1 aromatic heterocycles. The summed E-state index contributed by atoms with van der Waals surface area (Å²) in [4.78, 5) is 19.6. The van der Waals surface area contributed by atoms with Crippen LogP contribution in [0.5, 0.6) is 5.75 Å². The van der Waals surface area contributed by atoms with E-state index < -0.39 is 0 Å². The largest absolute Gasteiger partial charge is 0.497 e. The van der Waals surface area contributed by atoms with E-state index in [9.17, 15) is 4.79 Å². The van der Waals surface area contributed by atoms with Crippen molar-refractivity contribution in [2.75, 3.05) is 7.11 Å². The van der Waals surface area contributed by atoms with Crippen molar-refractivity contribution >= 4 is 62.8 Å². The zero-order chi connectivity index (χ0) is 19.7. The van der Waals surface area contributed by atoms with E-state index in [-0.39, 0.29) is 5.91 Å². The molecular weight excluding hydrogens is 412 g/mol. The third-order valence-electron chi connectivity index (χ3n) is 4.32. The van der Waals surface area contributed by atoms with Gasteiger partial charge < -0.3 is 4.74 Å². The molecular formula is C21H15ClN2O2S2. The summed E-state index contributed by atoms with van der Waals surface area (Å²) in [6.45, 7) is 0.453. The number of benzene rings is 2. The van der Waals surface area contributed by atoms with E-state index in [1.165, 1.54) is 11.8 Å². The molecule has 1 aliphatic heterocycles. The molecule has 140 valence electrons. The Morgan fingerprint density at radius 3 is 2.75 bits per heavy atom. The first-order chi connectivity index (χ1) is 13.5. The Kier molecular flexibility index (Phi) is 5.35. The van der Waals surface area contributed by atoms with E-state index in [0.29, 0.717) is 32.2 Å². The maximum Gasteiger partial charge on any atom is 0.266 e. The lowest BCUT2D eigenvalue weighted by molar-refractivity contribution is -0.122. The van der Waals surface area contributed by atoms with Gasteiger partial charge in [0.2, 0.25) is 0 Å². The van der Waals surface area contributed by atoms with Crippen molar-refractivity contribution in [3.63, 3.8) is 0 Å².